The highest BCUT2D eigenvalue weighted by molar-refractivity contribution is 5.95. The summed E-state index contributed by atoms with van der Waals surface area (Å²) in [4.78, 5) is 16.8. The molecule has 3 nitrogen and oxygen atoms in total. The molecular weight excluding hydrogens is 490 g/mol. The van der Waals surface area contributed by atoms with E-state index in [4.69, 9.17) is 4.74 Å². The molecule has 2 atom stereocenters. The number of esters is 1. The van der Waals surface area contributed by atoms with Gasteiger partial charge in [-0.3, -0.25) is 0 Å². The molecule has 0 aromatic heterocycles. The summed E-state index contributed by atoms with van der Waals surface area (Å²) in [5.41, 5.74) is 6.74. The van der Waals surface area contributed by atoms with Gasteiger partial charge in [0.05, 0.1) is 12.5 Å². The lowest BCUT2D eigenvalue weighted by Gasteiger charge is -2.47. The zero-order chi connectivity index (χ0) is 27.7. The lowest BCUT2D eigenvalue weighted by Crippen LogP contribution is -2.60. The van der Waals surface area contributed by atoms with Gasteiger partial charge in [0.2, 0.25) is 0 Å². The van der Waals surface area contributed by atoms with Crippen LogP contribution in [0.2, 0.25) is 0 Å². The van der Waals surface area contributed by atoms with E-state index in [1.807, 2.05) is 30.3 Å². The van der Waals surface area contributed by atoms with Crippen LogP contribution in [-0.4, -0.2) is 13.1 Å². The molecule has 0 fully saturated rings. The zero-order valence-corrected chi connectivity index (χ0v) is 23.2. The Bertz CT molecular complexity index is 1630. The summed E-state index contributed by atoms with van der Waals surface area (Å²) < 4.78 is 5.76. The van der Waals surface area contributed by atoms with Crippen LogP contribution in [0.4, 0.5) is 5.69 Å². The number of aryl methyl sites for hydroxylation is 1. The molecule has 40 heavy (non-hydrogen) atoms. The maximum Gasteiger partial charge on any atom is 0.337 e. The molecule has 0 saturated heterocycles. The van der Waals surface area contributed by atoms with Crippen LogP contribution in [0, 0.1) is 6.92 Å². The van der Waals surface area contributed by atoms with Crippen molar-refractivity contribution in [2.24, 2.45) is 0 Å². The van der Waals surface area contributed by atoms with E-state index in [9.17, 15) is 4.79 Å². The number of anilines is 1. The van der Waals surface area contributed by atoms with Crippen LogP contribution in [0.15, 0.2) is 133 Å². The van der Waals surface area contributed by atoms with Gasteiger partial charge in [0.1, 0.15) is 0 Å². The summed E-state index contributed by atoms with van der Waals surface area (Å²) in [5.74, 6) is -0.283. The zero-order valence-electron chi connectivity index (χ0n) is 23.2. The van der Waals surface area contributed by atoms with Gasteiger partial charge in [-0.15, -0.1) is 0 Å². The predicted octanol–water partition coefficient (Wildman–Crippen LogP) is 8.06. The number of fused-ring (bicyclic) bond motifs is 1. The van der Waals surface area contributed by atoms with E-state index < -0.39 is 11.0 Å². The number of ether oxygens (including phenoxy) is 1. The van der Waals surface area contributed by atoms with Crippen LogP contribution >= 0.6 is 0 Å². The Labute approximate surface area is 236 Å². The number of hydrogen-bond donors (Lipinski definition) is 0. The molecule has 0 unspecified atom stereocenters. The second kappa shape index (κ2) is 10.2. The van der Waals surface area contributed by atoms with Gasteiger partial charge < -0.3 is 9.64 Å². The van der Waals surface area contributed by atoms with E-state index in [1.54, 1.807) is 0 Å². The number of rotatable bonds is 6. The van der Waals surface area contributed by atoms with Crippen LogP contribution < -0.4 is 4.90 Å². The van der Waals surface area contributed by atoms with E-state index in [1.165, 1.54) is 12.7 Å². The first-order valence-electron chi connectivity index (χ1n) is 13.7. The normalized spacial score (nSPS) is 19.7. The number of carbonyl (C=O) groups excluding carboxylic acids is 1. The molecule has 1 aliphatic rings. The topological polar surface area (TPSA) is 29.5 Å². The van der Waals surface area contributed by atoms with Gasteiger partial charge in [-0.2, -0.15) is 0 Å². The van der Waals surface area contributed by atoms with Crippen molar-refractivity contribution in [2.45, 2.75) is 31.3 Å². The first kappa shape index (κ1) is 25.6. The Hall–Kier alpha value is -4.63. The molecule has 0 N–H and O–H groups in total. The molecular formula is C37H33NO2. The van der Waals surface area contributed by atoms with Crippen molar-refractivity contribution in [3.8, 4) is 11.1 Å². The van der Waals surface area contributed by atoms with Crippen LogP contribution in [-0.2, 0) is 27.0 Å². The minimum Gasteiger partial charge on any atom is -0.467 e. The maximum absolute atomic E-state index is 14.5. The number of hydrogen-bond acceptors (Lipinski definition) is 3. The Kier molecular flexibility index (Phi) is 6.51. The second-order valence-electron chi connectivity index (χ2n) is 10.7. The summed E-state index contributed by atoms with van der Waals surface area (Å²) in [5, 5.41) is 0. The summed E-state index contributed by atoms with van der Waals surface area (Å²) in [6, 6.07) is 46.1. The molecule has 0 radical (unpaired) electrons. The van der Waals surface area contributed by atoms with Gasteiger partial charge in [0.25, 0.3) is 0 Å². The van der Waals surface area contributed by atoms with Crippen molar-refractivity contribution in [1.29, 1.82) is 0 Å². The molecule has 5 aromatic rings. The van der Waals surface area contributed by atoms with Gasteiger partial charge in [0.15, 0.2) is 5.54 Å². The van der Waals surface area contributed by atoms with Gasteiger partial charge in [-0.1, -0.05) is 127 Å². The predicted molar refractivity (Wildman–Crippen MR) is 162 cm³/mol. The summed E-state index contributed by atoms with van der Waals surface area (Å²) in [7, 11) is 1.50. The molecule has 0 saturated carbocycles. The van der Waals surface area contributed by atoms with Crippen LogP contribution in [0.1, 0.15) is 34.7 Å². The molecule has 3 heteroatoms. The van der Waals surface area contributed by atoms with Gasteiger partial charge >= 0.3 is 5.97 Å². The number of carbonyl (C=O) groups is 1. The Morgan fingerprint density at radius 2 is 1.27 bits per heavy atom. The fraction of sp³-hybridized carbons (Fsp3) is 0.162. The molecule has 1 heterocycles. The second-order valence-corrected chi connectivity index (χ2v) is 10.7. The highest BCUT2D eigenvalue weighted by Gasteiger charge is 2.66. The third-order valence-corrected chi connectivity index (χ3v) is 8.55. The average Bonchev–Trinajstić information content (AvgIpc) is 3.24. The monoisotopic (exact) mass is 523 g/mol. The van der Waals surface area contributed by atoms with Crippen molar-refractivity contribution in [3.05, 3.63) is 161 Å². The first-order valence-corrected chi connectivity index (χ1v) is 13.7. The third kappa shape index (κ3) is 3.84. The fourth-order valence-corrected chi connectivity index (χ4v) is 6.55. The van der Waals surface area contributed by atoms with Gasteiger partial charge in [0, 0.05) is 12.2 Å². The Balaban J connectivity index is 1.71. The van der Waals surface area contributed by atoms with Crippen LogP contribution in [0.5, 0.6) is 0 Å². The molecule has 198 valence electrons. The van der Waals surface area contributed by atoms with Crippen molar-refractivity contribution < 1.29 is 9.53 Å². The van der Waals surface area contributed by atoms with Gasteiger partial charge in [-0.05, 0) is 59.4 Å². The summed E-state index contributed by atoms with van der Waals surface area (Å²) >= 11 is 0. The Morgan fingerprint density at radius 1 is 0.700 bits per heavy atom. The average molecular weight is 524 g/mol. The van der Waals surface area contributed by atoms with Crippen LogP contribution in [0.25, 0.3) is 11.1 Å². The quantitative estimate of drug-likeness (QED) is 0.211. The molecule has 0 amide bonds. The van der Waals surface area contributed by atoms with Crippen molar-refractivity contribution in [3.63, 3.8) is 0 Å². The van der Waals surface area contributed by atoms with E-state index in [2.05, 4.69) is 122 Å². The Morgan fingerprint density at radius 3 is 1.88 bits per heavy atom. The highest BCUT2D eigenvalue weighted by Crippen LogP contribution is 2.61. The molecule has 5 aromatic carbocycles. The van der Waals surface area contributed by atoms with Crippen molar-refractivity contribution in [1.82, 2.24) is 0 Å². The van der Waals surface area contributed by atoms with E-state index in [-0.39, 0.29) is 5.97 Å². The molecule has 0 bridgehead atoms. The van der Waals surface area contributed by atoms with E-state index >= 15 is 0 Å². The lowest BCUT2D eigenvalue weighted by molar-refractivity contribution is -0.149. The largest absolute Gasteiger partial charge is 0.467 e. The lowest BCUT2D eigenvalue weighted by atomic mass is 9.61. The first-order chi connectivity index (χ1) is 19.5. The van der Waals surface area contributed by atoms with Crippen LogP contribution in [0.3, 0.4) is 0 Å². The SMILES string of the molecule is COC(=O)[C@]1(c2ccccc2)N(Cc2ccc(C)cc2)c2ccc(-c3ccccc3)cc2[C@@]1(C)c1ccccc1. The maximum atomic E-state index is 14.5. The summed E-state index contributed by atoms with van der Waals surface area (Å²) in [6.07, 6.45) is 0. The van der Waals surface area contributed by atoms with Crippen molar-refractivity contribution in [2.75, 3.05) is 12.0 Å². The van der Waals surface area contributed by atoms with E-state index in [0.29, 0.717) is 6.54 Å². The third-order valence-electron chi connectivity index (χ3n) is 8.55. The minimum absolute atomic E-state index is 0.283. The number of benzene rings is 5. The minimum atomic E-state index is -1.16. The molecule has 1 aliphatic heterocycles. The van der Waals surface area contributed by atoms with Crippen molar-refractivity contribution >= 4 is 11.7 Å². The highest BCUT2D eigenvalue weighted by atomic mass is 16.5. The molecule has 0 spiro atoms. The number of methoxy groups -OCH3 is 1. The smallest absolute Gasteiger partial charge is 0.337 e. The number of nitrogens with zero attached hydrogens (tertiary/aromatic N) is 1. The standard InChI is InChI=1S/C37H33NO2/c1-27-19-21-28(22-20-27)26-38-34-24-23-30(29-13-7-4-8-14-29)25-33(34)36(2,31-15-9-5-10-16-31)37(38,35(39)40-3)32-17-11-6-12-18-32/h4-25H,26H2,1-3H3/t36-,37+/m1/s1. The van der Waals surface area contributed by atoms with Gasteiger partial charge in [-0.25, -0.2) is 4.79 Å². The molecule has 0 aliphatic carbocycles. The van der Waals surface area contributed by atoms with E-state index in [0.717, 1.165) is 39.1 Å². The summed E-state index contributed by atoms with van der Waals surface area (Å²) in [6.45, 7) is 4.84. The molecule has 6 rings (SSSR count). The fourth-order valence-electron chi connectivity index (χ4n) is 6.55.